The molecule has 1 N–H and O–H groups in total. The highest BCUT2D eigenvalue weighted by Crippen LogP contribution is 2.31. The van der Waals surface area contributed by atoms with E-state index in [1.807, 2.05) is 48.5 Å². The molecule has 0 saturated carbocycles. The molecule has 9 nitrogen and oxygen atoms in total. The third kappa shape index (κ3) is 4.75. The van der Waals surface area contributed by atoms with E-state index in [9.17, 15) is 14.4 Å². The van der Waals surface area contributed by atoms with Crippen LogP contribution in [-0.2, 0) is 29.2 Å². The second-order valence-electron chi connectivity index (χ2n) is 8.44. The van der Waals surface area contributed by atoms with Gasteiger partial charge in [0.15, 0.2) is 5.69 Å². The number of carbonyl (C=O) groups is 3. The molecule has 1 aromatic heterocycles. The van der Waals surface area contributed by atoms with Crippen molar-refractivity contribution in [1.29, 1.82) is 0 Å². The standard InChI is InChI=1S/C26H28N4O5/c1-4-35-24(32)20-14-21-23(31)29(16-19-12-8-9-13-22(19)34-3)26(2,17-30(21)28-20)25(33)27-15-18-10-6-5-7-11-18/h5-14H,4,15-17H2,1-3H3,(H,27,33)/t26-/m1/s1. The lowest BCUT2D eigenvalue weighted by atomic mass is 9.94. The number of esters is 1. The van der Waals surface area contributed by atoms with E-state index < -0.39 is 17.4 Å². The molecule has 1 aliphatic heterocycles. The molecule has 1 aliphatic rings. The number of hydrogen-bond acceptors (Lipinski definition) is 6. The molecule has 0 saturated heterocycles. The Morgan fingerprint density at radius 3 is 2.54 bits per heavy atom. The minimum Gasteiger partial charge on any atom is -0.496 e. The first-order chi connectivity index (χ1) is 16.9. The van der Waals surface area contributed by atoms with Crippen molar-refractivity contribution in [2.45, 2.75) is 39.0 Å². The summed E-state index contributed by atoms with van der Waals surface area (Å²) in [6.07, 6.45) is 0. The average molecular weight is 477 g/mol. The van der Waals surface area contributed by atoms with Gasteiger partial charge < -0.3 is 19.7 Å². The number of carbonyl (C=O) groups excluding carboxylic acids is 3. The fraction of sp³-hybridized carbons (Fsp3) is 0.308. The zero-order valence-corrected chi connectivity index (χ0v) is 20.0. The number of hydrogen-bond donors (Lipinski definition) is 1. The molecule has 2 amide bonds. The van der Waals surface area contributed by atoms with Crippen LogP contribution in [-0.4, -0.2) is 51.7 Å². The molecule has 0 unspecified atom stereocenters. The summed E-state index contributed by atoms with van der Waals surface area (Å²) in [5.74, 6) is -0.752. The Kier molecular flexibility index (Phi) is 6.86. The molecule has 1 atom stereocenters. The molecule has 4 rings (SSSR count). The largest absolute Gasteiger partial charge is 0.496 e. The number of aromatic nitrogens is 2. The first-order valence-electron chi connectivity index (χ1n) is 11.4. The van der Waals surface area contributed by atoms with E-state index >= 15 is 0 Å². The van der Waals surface area contributed by atoms with Gasteiger partial charge in [-0.3, -0.25) is 14.3 Å². The number of methoxy groups -OCH3 is 1. The van der Waals surface area contributed by atoms with E-state index in [1.54, 1.807) is 27.0 Å². The Morgan fingerprint density at radius 1 is 1.11 bits per heavy atom. The van der Waals surface area contributed by atoms with Crippen LogP contribution in [0.3, 0.4) is 0 Å². The number of para-hydroxylation sites is 1. The Hall–Kier alpha value is -4.14. The van der Waals surface area contributed by atoms with Crippen LogP contribution in [0.25, 0.3) is 0 Å². The first-order valence-corrected chi connectivity index (χ1v) is 11.4. The summed E-state index contributed by atoms with van der Waals surface area (Å²) in [4.78, 5) is 41.1. The van der Waals surface area contributed by atoms with Crippen LogP contribution in [0.15, 0.2) is 60.7 Å². The van der Waals surface area contributed by atoms with Crippen molar-refractivity contribution in [3.05, 3.63) is 83.2 Å². The predicted molar refractivity (Wildman–Crippen MR) is 128 cm³/mol. The summed E-state index contributed by atoms with van der Waals surface area (Å²) in [6.45, 7) is 4.11. The van der Waals surface area contributed by atoms with Gasteiger partial charge in [0, 0.05) is 18.2 Å². The molecule has 0 bridgehead atoms. The highest BCUT2D eigenvalue weighted by Gasteiger charge is 2.48. The average Bonchev–Trinajstić information content (AvgIpc) is 3.30. The van der Waals surface area contributed by atoms with Gasteiger partial charge in [0.1, 0.15) is 17.0 Å². The zero-order valence-electron chi connectivity index (χ0n) is 20.0. The van der Waals surface area contributed by atoms with Gasteiger partial charge in [0.2, 0.25) is 5.91 Å². The number of rotatable bonds is 8. The topological polar surface area (TPSA) is 103 Å². The van der Waals surface area contributed by atoms with Crippen LogP contribution in [0.2, 0.25) is 0 Å². The van der Waals surface area contributed by atoms with E-state index in [1.165, 1.54) is 15.6 Å². The van der Waals surface area contributed by atoms with Gasteiger partial charge in [-0.05, 0) is 25.5 Å². The van der Waals surface area contributed by atoms with Crippen LogP contribution in [0.1, 0.15) is 46.0 Å². The maximum absolute atomic E-state index is 13.7. The van der Waals surface area contributed by atoms with Crippen molar-refractivity contribution in [2.24, 2.45) is 0 Å². The minimum atomic E-state index is -1.28. The predicted octanol–water partition coefficient (Wildman–Crippen LogP) is 2.80. The quantitative estimate of drug-likeness (QED) is 0.502. The van der Waals surface area contributed by atoms with Crippen LogP contribution in [0, 0.1) is 0 Å². The lowest BCUT2D eigenvalue weighted by Crippen LogP contribution is -2.63. The molecular weight excluding hydrogens is 448 g/mol. The van der Waals surface area contributed by atoms with Gasteiger partial charge >= 0.3 is 5.97 Å². The molecule has 9 heteroatoms. The number of nitrogens with zero attached hydrogens (tertiary/aromatic N) is 3. The SMILES string of the molecule is CCOC(=O)c1cc2n(n1)C[C@](C)(C(=O)NCc1ccccc1)N(Cc1ccccc1OC)C2=O. The van der Waals surface area contributed by atoms with E-state index in [0.29, 0.717) is 12.3 Å². The van der Waals surface area contributed by atoms with E-state index in [4.69, 9.17) is 9.47 Å². The molecule has 2 aromatic carbocycles. The molecule has 0 spiro atoms. The summed E-state index contributed by atoms with van der Waals surface area (Å²) < 4.78 is 11.9. The molecule has 2 heterocycles. The second kappa shape index (κ2) is 10.0. The van der Waals surface area contributed by atoms with Crippen molar-refractivity contribution < 1.29 is 23.9 Å². The lowest BCUT2D eigenvalue weighted by Gasteiger charge is -2.43. The van der Waals surface area contributed by atoms with Gasteiger partial charge in [-0.1, -0.05) is 48.5 Å². The van der Waals surface area contributed by atoms with E-state index in [0.717, 1.165) is 11.1 Å². The molecule has 0 fully saturated rings. The van der Waals surface area contributed by atoms with Crippen LogP contribution < -0.4 is 10.1 Å². The maximum Gasteiger partial charge on any atom is 0.358 e. The summed E-state index contributed by atoms with van der Waals surface area (Å²) in [6, 6.07) is 18.3. The molecular formula is C26H28N4O5. The Bertz CT molecular complexity index is 1240. The molecule has 0 aliphatic carbocycles. The van der Waals surface area contributed by atoms with E-state index in [-0.39, 0.29) is 37.0 Å². The van der Waals surface area contributed by atoms with Gasteiger partial charge in [0.05, 0.1) is 26.8 Å². The van der Waals surface area contributed by atoms with Gasteiger partial charge in [-0.2, -0.15) is 5.10 Å². The third-order valence-electron chi connectivity index (χ3n) is 6.09. The van der Waals surface area contributed by atoms with E-state index in [2.05, 4.69) is 10.4 Å². The molecule has 0 radical (unpaired) electrons. The van der Waals surface area contributed by atoms with Crippen molar-refractivity contribution in [3.8, 4) is 5.75 Å². The number of nitrogens with one attached hydrogen (secondary N) is 1. The van der Waals surface area contributed by atoms with Crippen LogP contribution in [0.4, 0.5) is 0 Å². The lowest BCUT2D eigenvalue weighted by molar-refractivity contribution is -0.133. The second-order valence-corrected chi connectivity index (χ2v) is 8.44. The maximum atomic E-state index is 13.7. The van der Waals surface area contributed by atoms with Crippen LogP contribution >= 0.6 is 0 Å². The third-order valence-corrected chi connectivity index (χ3v) is 6.09. The highest BCUT2D eigenvalue weighted by molar-refractivity contribution is 6.01. The number of ether oxygens (including phenoxy) is 2. The normalized spacial score (nSPS) is 17.0. The monoisotopic (exact) mass is 476 g/mol. The van der Waals surface area contributed by atoms with Gasteiger partial charge in [0.25, 0.3) is 5.91 Å². The van der Waals surface area contributed by atoms with Crippen molar-refractivity contribution in [1.82, 2.24) is 20.0 Å². The minimum absolute atomic E-state index is 0.0291. The summed E-state index contributed by atoms with van der Waals surface area (Å²) in [5, 5.41) is 7.24. The van der Waals surface area contributed by atoms with Crippen molar-refractivity contribution in [3.63, 3.8) is 0 Å². The fourth-order valence-corrected chi connectivity index (χ4v) is 4.17. The Balaban J connectivity index is 1.70. The first kappa shape index (κ1) is 24.0. The summed E-state index contributed by atoms with van der Waals surface area (Å²) in [5.41, 5.74) is 0.659. The van der Waals surface area contributed by atoms with Gasteiger partial charge in [-0.15, -0.1) is 0 Å². The fourth-order valence-electron chi connectivity index (χ4n) is 4.17. The highest BCUT2D eigenvalue weighted by atomic mass is 16.5. The number of fused-ring (bicyclic) bond motifs is 1. The molecule has 3 aromatic rings. The van der Waals surface area contributed by atoms with Gasteiger partial charge in [-0.25, -0.2) is 4.79 Å². The van der Waals surface area contributed by atoms with Crippen LogP contribution in [0.5, 0.6) is 5.75 Å². The Labute approximate surface area is 203 Å². The van der Waals surface area contributed by atoms with Crippen molar-refractivity contribution >= 4 is 17.8 Å². The number of amides is 2. The van der Waals surface area contributed by atoms with Crippen molar-refractivity contribution in [2.75, 3.05) is 13.7 Å². The molecule has 182 valence electrons. The summed E-state index contributed by atoms with van der Waals surface area (Å²) in [7, 11) is 1.56. The smallest absolute Gasteiger partial charge is 0.358 e. The molecule has 35 heavy (non-hydrogen) atoms. The Morgan fingerprint density at radius 2 is 1.83 bits per heavy atom. The zero-order chi connectivity index (χ0) is 25.0. The number of benzene rings is 2. The summed E-state index contributed by atoms with van der Waals surface area (Å²) >= 11 is 0.